The Morgan fingerprint density at radius 2 is 1.96 bits per heavy atom. The molecule has 0 aliphatic carbocycles. The van der Waals surface area contributed by atoms with E-state index in [0.29, 0.717) is 6.42 Å². The Bertz CT molecular complexity index is 634. The van der Waals surface area contributed by atoms with E-state index >= 15 is 0 Å². The number of nitrogens with one attached hydrogen (secondary N) is 1. The van der Waals surface area contributed by atoms with Crippen molar-refractivity contribution in [2.45, 2.75) is 25.5 Å². The second-order valence-electron chi connectivity index (χ2n) is 6.05. The van der Waals surface area contributed by atoms with Gasteiger partial charge < -0.3 is 15.3 Å². The van der Waals surface area contributed by atoms with Gasteiger partial charge in [-0.1, -0.05) is 30.3 Å². The second-order valence-corrected chi connectivity index (χ2v) is 7.28. The summed E-state index contributed by atoms with van der Waals surface area (Å²) in [6.45, 7) is 4.02. The van der Waals surface area contributed by atoms with Crippen molar-refractivity contribution in [2.24, 2.45) is 0 Å². The average Bonchev–Trinajstić information content (AvgIpc) is 2.63. The van der Waals surface area contributed by atoms with Crippen LogP contribution < -0.4 is 10.2 Å². The van der Waals surface area contributed by atoms with Gasteiger partial charge in [-0.2, -0.15) is 11.8 Å². The molecule has 0 bridgehead atoms. The summed E-state index contributed by atoms with van der Waals surface area (Å²) in [6, 6.07) is 11.9. The molecule has 0 radical (unpaired) electrons. The fraction of sp³-hybridized carbons (Fsp3) is 0.444. The average molecular weight is 344 g/mol. The molecule has 2 heterocycles. The third-order valence-corrected chi connectivity index (χ3v) is 5.17. The lowest BCUT2D eigenvalue weighted by Crippen LogP contribution is -2.34. The fourth-order valence-corrected chi connectivity index (χ4v) is 3.66. The Balaban J connectivity index is 1.60. The highest BCUT2D eigenvalue weighted by molar-refractivity contribution is 7.99. The van der Waals surface area contributed by atoms with Crippen molar-refractivity contribution in [3.63, 3.8) is 0 Å². The number of benzene rings is 1. The standard InChI is InChI=1S/C18H24N4OS/c1-14(16(23)11-15-5-3-2-4-6-15)21-17-12-18(20-13-19-17)22-7-9-24-10-8-22/h2-6,12-14,16,23H,7-11H2,1H3,(H,19,20,21)/t14-,16-/m0/s1. The number of thioether (sulfide) groups is 1. The van der Waals surface area contributed by atoms with Gasteiger partial charge in [-0.05, 0) is 12.5 Å². The maximum absolute atomic E-state index is 10.4. The highest BCUT2D eigenvalue weighted by Gasteiger charge is 2.17. The van der Waals surface area contributed by atoms with Crippen LogP contribution in [0.5, 0.6) is 0 Å². The minimum Gasteiger partial charge on any atom is -0.391 e. The van der Waals surface area contributed by atoms with Crippen molar-refractivity contribution in [3.05, 3.63) is 48.3 Å². The topological polar surface area (TPSA) is 61.3 Å². The number of aliphatic hydroxyl groups is 1. The highest BCUT2D eigenvalue weighted by Crippen LogP contribution is 2.19. The van der Waals surface area contributed by atoms with Gasteiger partial charge in [0.15, 0.2) is 0 Å². The largest absolute Gasteiger partial charge is 0.391 e. The van der Waals surface area contributed by atoms with Crippen LogP contribution in [0.2, 0.25) is 0 Å². The molecule has 24 heavy (non-hydrogen) atoms. The summed E-state index contributed by atoms with van der Waals surface area (Å²) < 4.78 is 0. The van der Waals surface area contributed by atoms with E-state index in [1.807, 2.05) is 55.1 Å². The minimum absolute atomic E-state index is 0.0927. The van der Waals surface area contributed by atoms with Crippen LogP contribution >= 0.6 is 11.8 Å². The van der Waals surface area contributed by atoms with E-state index in [9.17, 15) is 5.11 Å². The van der Waals surface area contributed by atoms with Crippen molar-refractivity contribution in [1.82, 2.24) is 9.97 Å². The summed E-state index contributed by atoms with van der Waals surface area (Å²) in [5.74, 6) is 3.99. The van der Waals surface area contributed by atoms with E-state index in [0.717, 1.165) is 41.8 Å². The zero-order valence-electron chi connectivity index (χ0n) is 13.9. The van der Waals surface area contributed by atoms with Crippen molar-refractivity contribution < 1.29 is 5.11 Å². The summed E-state index contributed by atoms with van der Waals surface area (Å²) in [4.78, 5) is 11.0. The second kappa shape index (κ2) is 8.35. The number of rotatable bonds is 6. The first-order chi connectivity index (χ1) is 11.7. The van der Waals surface area contributed by atoms with Crippen LogP contribution in [0.4, 0.5) is 11.6 Å². The first kappa shape index (κ1) is 17.0. The molecule has 1 aliphatic heterocycles. The molecule has 1 fully saturated rings. The van der Waals surface area contributed by atoms with Gasteiger partial charge >= 0.3 is 0 Å². The molecule has 1 saturated heterocycles. The molecule has 5 nitrogen and oxygen atoms in total. The van der Waals surface area contributed by atoms with Crippen LogP contribution in [0.15, 0.2) is 42.7 Å². The molecule has 2 N–H and O–H groups in total. The van der Waals surface area contributed by atoms with Crippen molar-refractivity contribution in [1.29, 1.82) is 0 Å². The highest BCUT2D eigenvalue weighted by atomic mass is 32.2. The minimum atomic E-state index is -0.475. The molecule has 1 aromatic carbocycles. The van der Waals surface area contributed by atoms with E-state index in [4.69, 9.17) is 0 Å². The Hall–Kier alpha value is -1.79. The number of anilines is 2. The lowest BCUT2D eigenvalue weighted by molar-refractivity contribution is 0.158. The van der Waals surface area contributed by atoms with Crippen LogP contribution in [-0.2, 0) is 6.42 Å². The van der Waals surface area contributed by atoms with E-state index in [-0.39, 0.29) is 6.04 Å². The number of hydrogen-bond donors (Lipinski definition) is 2. The first-order valence-electron chi connectivity index (χ1n) is 8.35. The number of aliphatic hydroxyl groups excluding tert-OH is 1. The van der Waals surface area contributed by atoms with Crippen molar-refractivity contribution in [2.75, 3.05) is 34.8 Å². The third kappa shape index (κ3) is 4.61. The number of hydrogen-bond acceptors (Lipinski definition) is 6. The molecule has 1 aromatic heterocycles. The Kier molecular flexibility index (Phi) is 5.93. The van der Waals surface area contributed by atoms with Gasteiger partial charge in [0, 0.05) is 37.1 Å². The predicted molar refractivity (Wildman–Crippen MR) is 101 cm³/mol. The lowest BCUT2D eigenvalue weighted by Gasteiger charge is -2.28. The quantitative estimate of drug-likeness (QED) is 0.839. The summed E-state index contributed by atoms with van der Waals surface area (Å²) >= 11 is 1.98. The van der Waals surface area contributed by atoms with Gasteiger partial charge in [-0.25, -0.2) is 9.97 Å². The van der Waals surface area contributed by atoms with Crippen LogP contribution in [0.25, 0.3) is 0 Å². The molecule has 1 aliphatic rings. The van der Waals surface area contributed by atoms with Crippen LogP contribution in [0.1, 0.15) is 12.5 Å². The predicted octanol–water partition coefficient (Wildman–Crippen LogP) is 2.43. The van der Waals surface area contributed by atoms with Crippen LogP contribution in [-0.4, -0.2) is 51.8 Å². The van der Waals surface area contributed by atoms with E-state index in [2.05, 4.69) is 20.2 Å². The van der Waals surface area contributed by atoms with E-state index < -0.39 is 6.10 Å². The summed E-state index contributed by atoms with van der Waals surface area (Å²) in [6.07, 6.45) is 1.74. The zero-order valence-corrected chi connectivity index (χ0v) is 14.7. The van der Waals surface area contributed by atoms with E-state index in [1.54, 1.807) is 6.33 Å². The third-order valence-electron chi connectivity index (χ3n) is 4.23. The van der Waals surface area contributed by atoms with Gasteiger partial charge in [-0.3, -0.25) is 0 Å². The smallest absolute Gasteiger partial charge is 0.134 e. The molecule has 128 valence electrons. The van der Waals surface area contributed by atoms with E-state index in [1.165, 1.54) is 0 Å². The first-order valence-corrected chi connectivity index (χ1v) is 9.51. The van der Waals surface area contributed by atoms with Crippen molar-refractivity contribution in [3.8, 4) is 0 Å². The number of aromatic nitrogens is 2. The van der Waals surface area contributed by atoms with Gasteiger partial charge in [-0.15, -0.1) is 0 Å². The molecule has 2 aromatic rings. The Morgan fingerprint density at radius 3 is 2.71 bits per heavy atom. The summed E-state index contributed by atoms with van der Waals surface area (Å²) in [7, 11) is 0. The van der Waals surface area contributed by atoms with Gasteiger partial charge in [0.2, 0.25) is 0 Å². The Labute approximate surface area is 147 Å². The Morgan fingerprint density at radius 1 is 1.21 bits per heavy atom. The molecular formula is C18H24N4OS. The van der Waals surface area contributed by atoms with Gasteiger partial charge in [0.1, 0.15) is 18.0 Å². The molecule has 2 atom stereocenters. The molecule has 3 rings (SSSR count). The normalized spacial score (nSPS) is 17.3. The molecule has 0 amide bonds. The molecule has 6 heteroatoms. The molecule has 0 saturated carbocycles. The summed E-state index contributed by atoms with van der Waals surface area (Å²) in [5.41, 5.74) is 1.13. The van der Waals surface area contributed by atoms with Crippen LogP contribution in [0.3, 0.4) is 0 Å². The number of nitrogens with zero attached hydrogens (tertiary/aromatic N) is 3. The molecular weight excluding hydrogens is 320 g/mol. The summed E-state index contributed by atoms with van der Waals surface area (Å²) in [5, 5.41) is 13.7. The monoisotopic (exact) mass is 344 g/mol. The lowest BCUT2D eigenvalue weighted by atomic mass is 10.0. The van der Waals surface area contributed by atoms with Crippen LogP contribution in [0, 0.1) is 0 Å². The zero-order chi connectivity index (χ0) is 16.8. The van der Waals surface area contributed by atoms with Crippen molar-refractivity contribution >= 4 is 23.4 Å². The maximum Gasteiger partial charge on any atom is 0.134 e. The molecule has 0 unspecified atom stereocenters. The SMILES string of the molecule is C[C@H](Nc1cc(N2CCSCC2)ncn1)[C@@H](O)Cc1ccccc1. The van der Waals surface area contributed by atoms with Gasteiger partial charge in [0.25, 0.3) is 0 Å². The van der Waals surface area contributed by atoms with Gasteiger partial charge in [0.05, 0.1) is 12.1 Å². The molecule has 0 spiro atoms. The maximum atomic E-state index is 10.4. The fourth-order valence-electron chi connectivity index (χ4n) is 2.75.